The van der Waals surface area contributed by atoms with Crippen LogP contribution in [0.3, 0.4) is 0 Å². The number of unbranched alkanes of at least 4 members (excludes halogenated alkanes) is 1. The second-order valence-electron chi connectivity index (χ2n) is 15.5. The first-order chi connectivity index (χ1) is 24.6. The monoisotopic (exact) mass is 679 g/mol. The fraction of sp³-hybridized carbons (Fsp3) is 0.595. The third-order valence-corrected chi connectivity index (χ3v) is 11.7. The molecule has 7 rings (SSSR count). The average Bonchev–Trinajstić information content (AvgIpc) is 3.70. The zero-order chi connectivity index (χ0) is 34.3. The minimum Gasteiger partial charge on any atom is -0.385 e. The van der Waals surface area contributed by atoms with Gasteiger partial charge in [-0.3, -0.25) is 4.68 Å². The molecule has 3 aliphatic heterocycles. The van der Waals surface area contributed by atoms with Crippen molar-refractivity contribution in [1.29, 1.82) is 0 Å². The maximum absolute atomic E-state index is 5.15. The van der Waals surface area contributed by atoms with E-state index in [2.05, 4.69) is 104 Å². The number of rotatable bonds is 12. The van der Waals surface area contributed by atoms with Crippen LogP contribution in [0.25, 0.3) is 27.5 Å². The lowest BCUT2D eigenvalue weighted by Gasteiger charge is -2.32. The summed E-state index contributed by atoms with van der Waals surface area (Å²) in [5.41, 5.74) is 7.82. The van der Waals surface area contributed by atoms with Gasteiger partial charge in [-0.25, -0.2) is 0 Å². The Balaban J connectivity index is 0.827. The fourth-order valence-corrected chi connectivity index (χ4v) is 8.86. The maximum atomic E-state index is 5.15. The number of aryl methyl sites for hydroxylation is 1. The van der Waals surface area contributed by atoms with E-state index < -0.39 is 0 Å². The van der Waals surface area contributed by atoms with Crippen molar-refractivity contribution in [1.82, 2.24) is 40.5 Å². The second-order valence-corrected chi connectivity index (χ2v) is 15.5. The number of fused-ring (bicyclic) bond motifs is 4. The Kier molecular flexibility index (Phi) is 11.9. The predicted molar refractivity (Wildman–Crippen MR) is 210 cm³/mol. The van der Waals surface area contributed by atoms with Crippen LogP contribution in [0.1, 0.15) is 101 Å². The molecule has 3 aliphatic rings. The molecule has 2 aromatic heterocycles. The molecule has 50 heavy (non-hydrogen) atoms. The van der Waals surface area contributed by atoms with Crippen molar-refractivity contribution in [2.75, 3.05) is 52.4 Å². The van der Waals surface area contributed by atoms with Gasteiger partial charge in [0.15, 0.2) is 0 Å². The van der Waals surface area contributed by atoms with Crippen LogP contribution in [0.5, 0.6) is 0 Å². The Morgan fingerprint density at radius 3 is 2.52 bits per heavy atom. The van der Waals surface area contributed by atoms with Crippen molar-refractivity contribution in [2.45, 2.75) is 103 Å². The number of hydrogen-bond donors (Lipinski definition) is 4. The molecule has 270 valence electrons. The van der Waals surface area contributed by atoms with Crippen LogP contribution in [0.15, 0.2) is 55.1 Å². The van der Waals surface area contributed by atoms with Gasteiger partial charge in [0.1, 0.15) is 0 Å². The lowest BCUT2D eigenvalue weighted by molar-refractivity contribution is 0.182. The van der Waals surface area contributed by atoms with Crippen LogP contribution in [-0.2, 0) is 13.0 Å². The summed E-state index contributed by atoms with van der Waals surface area (Å²) in [4.78, 5) is 2.70. The lowest BCUT2D eigenvalue weighted by Crippen LogP contribution is -2.39. The number of aromatic nitrogens is 3. The highest BCUT2D eigenvalue weighted by Crippen LogP contribution is 2.34. The highest BCUT2D eigenvalue weighted by Gasteiger charge is 2.25. The number of hydrogen-bond acceptors (Lipinski definition) is 6. The number of likely N-dealkylation sites (tertiary alicyclic amines) is 1. The molecule has 2 aromatic carbocycles. The predicted octanol–water partition coefficient (Wildman–Crippen LogP) is 7.02. The third-order valence-electron chi connectivity index (χ3n) is 11.7. The molecule has 2 fully saturated rings. The van der Waals surface area contributed by atoms with E-state index in [1.807, 2.05) is 0 Å². The van der Waals surface area contributed by atoms with E-state index >= 15 is 0 Å². The molecule has 2 unspecified atom stereocenters. The Morgan fingerprint density at radius 1 is 0.880 bits per heavy atom. The van der Waals surface area contributed by atoms with Crippen molar-refractivity contribution in [3.8, 4) is 0 Å². The third kappa shape index (κ3) is 8.14. The Bertz CT molecular complexity index is 1690. The number of nitrogens with zero attached hydrogens (tertiary/aromatic N) is 4. The van der Waals surface area contributed by atoms with Crippen LogP contribution in [0.2, 0.25) is 0 Å². The maximum Gasteiger partial charge on any atom is 0.0872 e. The van der Waals surface area contributed by atoms with Crippen LogP contribution in [0, 0.1) is 5.92 Å². The summed E-state index contributed by atoms with van der Waals surface area (Å²) in [5, 5.41) is 23.1. The molecule has 8 heteroatoms. The molecule has 8 nitrogen and oxygen atoms in total. The zero-order valence-corrected chi connectivity index (χ0v) is 30.9. The van der Waals surface area contributed by atoms with Gasteiger partial charge in [0.05, 0.1) is 17.3 Å². The molecule has 0 bridgehead atoms. The van der Waals surface area contributed by atoms with E-state index in [0.29, 0.717) is 12.1 Å². The molecule has 5 heterocycles. The highest BCUT2D eigenvalue weighted by molar-refractivity contribution is 5.94. The molecule has 2 atom stereocenters. The minimum absolute atomic E-state index is 0.277. The molecule has 2 saturated heterocycles. The van der Waals surface area contributed by atoms with Crippen molar-refractivity contribution in [3.63, 3.8) is 0 Å². The summed E-state index contributed by atoms with van der Waals surface area (Å²) in [5.74, 6) is 0.728. The van der Waals surface area contributed by atoms with Gasteiger partial charge in [-0.05, 0) is 129 Å². The molecule has 0 amide bonds. The van der Waals surface area contributed by atoms with E-state index in [-0.39, 0.29) is 6.04 Å². The Morgan fingerprint density at radius 2 is 1.68 bits per heavy atom. The van der Waals surface area contributed by atoms with Crippen molar-refractivity contribution < 1.29 is 0 Å². The van der Waals surface area contributed by atoms with Crippen molar-refractivity contribution in [2.24, 2.45) is 5.92 Å². The number of nitrogens with one attached hydrogen (secondary N) is 4. The molecule has 4 N–H and O–H groups in total. The van der Waals surface area contributed by atoms with Gasteiger partial charge in [0.25, 0.3) is 0 Å². The molecule has 0 radical (unpaired) electrons. The summed E-state index contributed by atoms with van der Waals surface area (Å²) in [6, 6.07) is 18.8. The Labute approximate surface area is 300 Å². The van der Waals surface area contributed by atoms with Gasteiger partial charge in [-0.2, -0.15) is 5.10 Å². The summed E-state index contributed by atoms with van der Waals surface area (Å²) >= 11 is 0. The molecule has 4 aromatic rings. The normalized spacial score (nSPS) is 21.5. The molecule has 0 aliphatic carbocycles. The number of piperidine rings is 1. The van der Waals surface area contributed by atoms with E-state index in [1.165, 1.54) is 110 Å². The first kappa shape index (κ1) is 35.2. The molecular weight excluding hydrogens is 617 g/mol. The molecular formula is C42H62N8. The van der Waals surface area contributed by atoms with Gasteiger partial charge >= 0.3 is 0 Å². The highest BCUT2D eigenvalue weighted by atomic mass is 15.3. The number of benzene rings is 2. The van der Waals surface area contributed by atoms with E-state index in [4.69, 9.17) is 5.10 Å². The standard InChI is InChI=1S/C42H62N8/c1-31(2)50-39-15-7-5-13-36(39)42(47-50)37-18-17-34(19-23-43-24-25-45-37)44-22-9-11-26-48-28-20-33(21-29-48)30-46-32(3)41-35-12-4-6-14-38(35)49-27-10-8-16-40(41)49/h4-7,12-15,31,33-34,37,43-46H,3,8-11,16-30H2,1-2H3. The molecule has 0 spiro atoms. The smallest absolute Gasteiger partial charge is 0.0872 e. The molecule has 0 saturated carbocycles. The van der Waals surface area contributed by atoms with Crippen molar-refractivity contribution >= 4 is 27.5 Å². The largest absolute Gasteiger partial charge is 0.385 e. The van der Waals surface area contributed by atoms with Gasteiger partial charge in [0, 0.05) is 71.5 Å². The first-order valence-electron chi connectivity index (χ1n) is 20.0. The van der Waals surface area contributed by atoms with Gasteiger partial charge in [-0.1, -0.05) is 43.0 Å². The average molecular weight is 679 g/mol. The van der Waals surface area contributed by atoms with E-state index in [0.717, 1.165) is 63.7 Å². The number of para-hydroxylation sites is 2. The summed E-state index contributed by atoms with van der Waals surface area (Å²) in [7, 11) is 0. The quantitative estimate of drug-likeness (QED) is 0.121. The van der Waals surface area contributed by atoms with E-state index in [1.54, 1.807) is 0 Å². The van der Waals surface area contributed by atoms with Gasteiger partial charge < -0.3 is 30.7 Å². The van der Waals surface area contributed by atoms with Crippen LogP contribution < -0.4 is 21.3 Å². The van der Waals surface area contributed by atoms with Crippen LogP contribution >= 0.6 is 0 Å². The minimum atomic E-state index is 0.277. The van der Waals surface area contributed by atoms with Crippen molar-refractivity contribution in [3.05, 3.63) is 72.1 Å². The van der Waals surface area contributed by atoms with E-state index in [9.17, 15) is 0 Å². The fourth-order valence-electron chi connectivity index (χ4n) is 8.86. The second kappa shape index (κ2) is 16.9. The topological polar surface area (TPSA) is 74.1 Å². The van der Waals surface area contributed by atoms with Gasteiger partial charge in [-0.15, -0.1) is 0 Å². The Hall–Kier alpha value is -3.17. The summed E-state index contributed by atoms with van der Waals surface area (Å²) < 4.78 is 4.75. The zero-order valence-electron chi connectivity index (χ0n) is 30.9. The summed E-state index contributed by atoms with van der Waals surface area (Å²) in [6.45, 7) is 19.0. The lowest BCUT2D eigenvalue weighted by atomic mass is 9.96. The SMILES string of the molecule is C=C(NCC1CCN(CCCCNC2CCNCCNC(c3nn(C(C)C)c4ccccc34)CC2)CC1)c1c2n(c3ccccc13)CCCC2. The van der Waals surface area contributed by atoms with Crippen LogP contribution in [-0.4, -0.2) is 77.6 Å². The first-order valence-corrected chi connectivity index (χ1v) is 20.0. The summed E-state index contributed by atoms with van der Waals surface area (Å²) in [6.07, 6.45) is 12.3. The van der Waals surface area contributed by atoms with Crippen LogP contribution in [0.4, 0.5) is 0 Å². The van der Waals surface area contributed by atoms with Gasteiger partial charge in [0.2, 0.25) is 0 Å².